The highest BCUT2D eigenvalue weighted by Crippen LogP contribution is 2.17. The molecule has 6 nitrogen and oxygen atoms in total. The van der Waals surface area contributed by atoms with Crippen LogP contribution in [0.1, 0.15) is 26.5 Å². The number of nitrogens with zero attached hydrogens (tertiary/aromatic N) is 2. The highest BCUT2D eigenvalue weighted by molar-refractivity contribution is 6.04. The molecule has 0 aliphatic heterocycles. The molecule has 1 heterocycles. The summed E-state index contributed by atoms with van der Waals surface area (Å²) in [5.74, 6) is -4.39. The Kier molecular flexibility index (Phi) is 3.97. The van der Waals surface area contributed by atoms with Gasteiger partial charge < -0.3 is 15.0 Å². The molecule has 8 heteroatoms. The van der Waals surface area contributed by atoms with Crippen molar-refractivity contribution in [3.05, 3.63) is 53.1 Å². The Morgan fingerprint density at radius 3 is 2.43 bits per heavy atom. The third-order valence-corrected chi connectivity index (χ3v) is 2.81. The molecule has 2 aromatic rings. The van der Waals surface area contributed by atoms with E-state index in [1.165, 1.54) is 13.2 Å². The molecule has 0 bridgehead atoms. The Bertz CT molecular complexity index is 686. The van der Waals surface area contributed by atoms with Crippen molar-refractivity contribution in [2.24, 2.45) is 0 Å². The summed E-state index contributed by atoms with van der Waals surface area (Å²) in [5.41, 5.74) is -1.01. The summed E-state index contributed by atoms with van der Waals surface area (Å²) in [5, 5.41) is 8.99. The number of hydrogen-bond donors (Lipinski definition) is 2. The average molecular weight is 295 g/mol. The zero-order valence-corrected chi connectivity index (χ0v) is 10.9. The Morgan fingerprint density at radius 2 is 1.90 bits per heavy atom. The molecule has 1 aromatic heterocycles. The molecule has 2 rings (SSSR count). The smallest absolute Gasteiger partial charge is 0.336 e. The van der Waals surface area contributed by atoms with Gasteiger partial charge in [-0.05, 0) is 12.1 Å². The number of rotatable bonds is 4. The molecule has 0 spiro atoms. The fraction of sp³-hybridized carbons (Fsp3) is 0.154. The van der Waals surface area contributed by atoms with E-state index in [0.29, 0.717) is 18.0 Å². The average Bonchev–Trinajstić information content (AvgIpc) is 2.93. The van der Waals surface area contributed by atoms with Gasteiger partial charge in [0, 0.05) is 19.4 Å². The van der Waals surface area contributed by atoms with Gasteiger partial charge in [0.1, 0.15) is 5.82 Å². The lowest BCUT2D eigenvalue weighted by molar-refractivity contribution is 0.0679. The Balaban J connectivity index is 2.33. The number of carboxylic acids is 1. The number of hydrogen-bond acceptors (Lipinski definition) is 3. The van der Waals surface area contributed by atoms with Crippen LogP contribution in [0.25, 0.3) is 0 Å². The van der Waals surface area contributed by atoms with E-state index < -0.39 is 34.6 Å². The van der Waals surface area contributed by atoms with Gasteiger partial charge in [-0.15, -0.1) is 0 Å². The predicted molar refractivity (Wildman–Crippen MR) is 67.7 cm³/mol. The molecular formula is C13H11F2N3O3. The minimum Gasteiger partial charge on any atom is -0.478 e. The van der Waals surface area contributed by atoms with Gasteiger partial charge in [0.05, 0.1) is 17.7 Å². The normalized spacial score (nSPS) is 10.4. The second kappa shape index (κ2) is 5.70. The standard InChI is InChI=1S/C13H11F2N3O3/c1-18(6-11-16-2-3-17-11)12(19)7-4-9(14)10(15)5-8(7)13(20)21/h2-5H,6H2,1H3,(H,16,17)(H,20,21). The molecule has 0 unspecified atom stereocenters. The van der Waals surface area contributed by atoms with Crippen LogP contribution in [0.5, 0.6) is 0 Å². The molecule has 2 N–H and O–H groups in total. The van der Waals surface area contributed by atoms with Crippen LogP contribution in [0, 0.1) is 11.6 Å². The molecule has 0 fully saturated rings. The largest absolute Gasteiger partial charge is 0.478 e. The summed E-state index contributed by atoms with van der Waals surface area (Å²) in [6, 6.07) is 1.07. The Labute approximate surface area is 118 Å². The number of carbonyl (C=O) groups is 2. The van der Waals surface area contributed by atoms with E-state index in [1.807, 2.05) is 0 Å². The molecule has 0 aliphatic rings. The van der Waals surface area contributed by atoms with Crippen LogP contribution in [0.2, 0.25) is 0 Å². The quantitative estimate of drug-likeness (QED) is 0.898. The number of aromatic carboxylic acids is 1. The maximum Gasteiger partial charge on any atom is 0.336 e. The van der Waals surface area contributed by atoms with Gasteiger partial charge in [-0.1, -0.05) is 0 Å². The van der Waals surface area contributed by atoms with Crippen LogP contribution in [-0.4, -0.2) is 38.9 Å². The van der Waals surface area contributed by atoms with Gasteiger partial charge in [-0.3, -0.25) is 4.79 Å². The second-order valence-corrected chi connectivity index (χ2v) is 4.31. The number of imidazole rings is 1. The van der Waals surface area contributed by atoms with Crippen LogP contribution in [-0.2, 0) is 6.54 Å². The summed E-state index contributed by atoms with van der Waals surface area (Å²) in [7, 11) is 1.40. The van der Waals surface area contributed by atoms with Crippen molar-refractivity contribution in [3.8, 4) is 0 Å². The van der Waals surface area contributed by atoms with Crippen LogP contribution in [0.15, 0.2) is 24.5 Å². The number of halogens is 2. The SMILES string of the molecule is CN(Cc1ncc[nH]1)C(=O)c1cc(F)c(F)cc1C(=O)O. The fourth-order valence-electron chi connectivity index (χ4n) is 1.79. The van der Waals surface area contributed by atoms with E-state index >= 15 is 0 Å². The van der Waals surface area contributed by atoms with Crippen molar-refractivity contribution in [1.82, 2.24) is 14.9 Å². The van der Waals surface area contributed by atoms with Crippen molar-refractivity contribution in [2.75, 3.05) is 7.05 Å². The minimum absolute atomic E-state index is 0.0733. The lowest BCUT2D eigenvalue weighted by atomic mass is 10.1. The number of carbonyl (C=O) groups excluding carboxylic acids is 1. The van der Waals surface area contributed by atoms with E-state index in [1.54, 1.807) is 6.20 Å². The molecule has 0 saturated carbocycles. The number of aromatic nitrogens is 2. The number of H-pyrrole nitrogens is 1. The second-order valence-electron chi connectivity index (χ2n) is 4.31. The van der Waals surface area contributed by atoms with Gasteiger partial charge in [0.25, 0.3) is 5.91 Å². The van der Waals surface area contributed by atoms with Gasteiger partial charge in [0.2, 0.25) is 0 Å². The van der Waals surface area contributed by atoms with Crippen molar-refractivity contribution < 1.29 is 23.5 Å². The molecule has 1 amide bonds. The zero-order valence-electron chi connectivity index (χ0n) is 10.9. The van der Waals surface area contributed by atoms with E-state index in [9.17, 15) is 18.4 Å². The third-order valence-electron chi connectivity index (χ3n) is 2.81. The first-order valence-electron chi connectivity index (χ1n) is 5.86. The molecule has 0 aliphatic carbocycles. The molecule has 0 radical (unpaired) electrons. The lowest BCUT2D eigenvalue weighted by Crippen LogP contribution is -2.28. The van der Waals surface area contributed by atoms with E-state index in [0.717, 1.165) is 4.90 Å². The van der Waals surface area contributed by atoms with Gasteiger partial charge >= 0.3 is 5.97 Å². The Morgan fingerprint density at radius 1 is 1.29 bits per heavy atom. The summed E-state index contributed by atoms with van der Waals surface area (Å²) < 4.78 is 26.4. The van der Waals surface area contributed by atoms with Crippen LogP contribution in [0.3, 0.4) is 0 Å². The summed E-state index contributed by atoms with van der Waals surface area (Å²) >= 11 is 0. The predicted octanol–water partition coefficient (Wildman–Crippen LogP) is 1.66. The summed E-state index contributed by atoms with van der Waals surface area (Å²) in [6.45, 7) is 0.0733. The van der Waals surface area contributed by atoms with Crippen LogP contribution >= 0.6 is 0 Å². The third kappa shape index (κ3) is 3.04. The maximum atomic E-state index is 13.3. The summed E-state index contributed by atoms with van der Waals surface area (Å²) in [6.07, 6.45) is 3.06. The van der Waals surface area contributed by atoms with Crippen molar-refractivity contribution in [3.63, 3.8) is 0 Å². The number of nitrogens with one attached hydrogen (secondary N) is 1. The first-order valence-corrected chi connectivity index (χ1v) is 5.86. The fourth-order valence-corrected chi connectivity index (χ4v) is 1.79. The summed E-state index contributed by atoms with van der Waals surface area (Å²) in [4.78, 5) is 31.1. The number of amides is 1. The maximum absolute atomic E-state index is 13.3. The highest BCUT2D eigenvalue weighted by atomic mass is 19.2. The van der Waals surface area contributed by atoms with E-state index in [2.05, 4.69) is 9.97 Å². The van der Waals surface area contributed by atoms with Crippen molar-refractivity contribution in [2.45, 2.75) is 6.54 Å². The van der Waals surface area contributed by atoms with Crippen molar-refractivity contribution >= 4 is 11.9 Å². The molecule has 110 valence electrons. The number of benzene rings is 1. The van der Waals surface area contributed by atoms with E-state index in [4.69, 9.17) is 5.11 Å². The molecule has 0 saturated heterocycles. The molecule has 0 atom stereocenters. The topological polar surface area (TPSA) is 86.3 Å². The van der Waals surface area contributed by atoms with Gasteiger partial charge in [-0.2, -0.15) is 0 Å². The molecule has 1 aromatic carbocycles. The van der Waals surface area contributed by atoms with Crippen molar-refractivity contribution in [1.29, 1.82) is 0 Å². The number of aromatic amines is 1. The van der Waals surface area contributed by atoms with Gasteiger partial charge in [-0.25, -0.2) is 18.6 Å². The minimum atomic E-state index is -1.51. The number of carboxylic acid groups (broad SMARTS) is 1. The molecule has 21 heavy (non-hydrogen) atoms. The first-order chi connectivity index (χ1) is 9.90. The highest BCUT2D eigenvalue weighted by Gasteiger charge is 2.23. The monoisotopic (exact) mass is 295 g/mol. The first kappa shape index (κ1) is 14.6. The zero-order chi connectivity index (χ0) is 15.6. The lowest BCUT2D eigenvalue weighted by Gasteiger charge is -2.17. The van der Waals surface area contributed by atoms with Gasteiger partial charge in [0.15, 0.2) is 11.6 Å². The van der Waals surface area contributed by atoms with E-state index in [-0.39, 0.29) is 6.54 Å². The van der Waals surface area contributed by atoms with Crippen LogP contribution in [0.4, 0.5) is 8.78 Å². The van der Waals surface area contributed by atoms with Crippen LogP contribution < -0.4 is 0 Å². The molecular weight excluding hydrogens is 284 g/mol. The Hall–Kier alpha value is -2.77.